The van der Waals surface area contributed by atoms with E-state index in [-0.39, 0.29) is 17.4 Å². The summed E-state index contributed by atoms with van der Waals surface area (Å²) < 4.78 is 110. The Balaban J connectivity index is 1.89. The number of esters is 1. The molecule has 13 heteroatoms. The van der Waals surface area contributed by atoms with Gasteiger partial charge in [-0.25, -0.2) is 17.2 Å². The maximum absolute atomic E-state index is 13.3. The lowest BCUT2D eigenvalue weighted by atomic mass is 10.1. The number of halogens is 6. The van der Waals surface area contributed by atoms with E-state index in [1.807, 2.05) is 4.90 Å². The number of carbonyl (C=O) groups excluding carboxylic acids is 1. The van der Waals surface area contributed by atoms with Crippen LogP contribution in [0.15, 0.2) is 53.6 Å². The molecule has 6 nitrogen and oxygen atoms in total. The molecule has 1 aromatic heterocycles. The van der Waals surface area contributed by atoms with Gasteiger partial charge in [-0.3, -0.25) is 4.90 Å². The summed E-state index contributed by atoms with van der Waals surface area (Å²) in [5.74, 6) is -3.21. The smallest absolute Gasteiger partial charge is 0.418 e. The van der Waals surface area contributed by atoms with Gasteiger partial charge in [0.1, 0.15) is 0 Å². The highest BCUT2D eigenvalue weighted by Gasteiger charge is 2.42. The molecule has 0 N–H and O–H groups in total. The number of nitrogens with zero attached hydrogens (tertiary/aromatic N) is 2. The third-order valence-electron chi connectivity index (χ3n) is 5.59. The molecule has 0 unspecified atom stereocenters. The molecule has 0 saturated carbocycles. The molecule has 1 aliphatic heterocycles. The lowest BCUT2D eigenvalue weighted by Gasteiger charge is -2.16. The van der Waals surface area contributed by atoms with Crippen molar-refractivity contribution in [1.82, 2.24) is 8.87 Å². The van der Waals surface area contributed by atoms with Crippen LogP contribution in [-0.4, -0.2) is 42.5 Å². The molecule has 1 fully saturated rings. The first kappa shape index (κ1) is 25.0. The van der Waals surface area contributed by atoms with Gasteiger partial charge in [-0.05, 0) is 55.8 Å². The van der Waals surface area contributed by atoms with E-state index in [0.717, 1.165) is 38.1 Å². The van der Waals surface area contributed by atoms with E-state index < -0.39 is 44.6 Å². The van der Waals surface area contributed by atoms with E-state index in [1.54, 1.807) is 6.07 Å². The van der Waals surface area contributed by atoms with Crippen LogP contribution in [0.5, 0.6) is 5.75 Å². The van der Waals surface area contributed by atoms with Gasteiger partial charge in [0, 0.05) is 11.9 Å². The molecule has 1 aliphatic rings. The Kier molecular flexibility index (Phi) is 6.34. The molecule has 2 aromatic carbocycles. The Morgan fingerprint density at radius 1 is 0.971 bits per heavy atom. The SMILES string of the molecule is O=C(Oc1cn(S(=O)(=O)c2cccc(C(F)(F)F)c2)c2cccc(CN3CCCC3)c12)C(F)(F)F. The average Bonchev–Trinajstić information content (AvgIpc) is 3.41. The van der Waals surface area contributed by atoms with Gasteiger partial charge in [0.25, 0.3) is 10.0 Å². The minimum Gasteiger partial charge on any atom is -0.418 e. The zero-order chi connectivity index (χ0) is 25.6. The van der Waals surface area contributed by atoms with Gasteiger partial charge >= 0.3 is 18.3 Å². The monoisotopic (exact) mass is 520 g/mol. The zero-order valence-electron chi connectivity index (χ0n) is 17.9. The number of hydrogen-bond donors (Lipinski definition) is 0. The molecule has 0 atom stereocenters. The Hall–Kier alpha value is -3.06. The second kappa shape index (κ2) is 8.86. The highest BCUT2D eigenvalue weighted by molar-refractivity contribution is 7.90. The predicted molar refractivity (Wildman–Crippen MR) is 112 cm³/mol. The van der Waals surface area contributed by atoms with Gasteiger partial charge in [0.05, 0.1) is 22.2 Å². The molecule has 4 rings (SSSR count). The fourth-order valence-corrected chi connectivity index (χ4v) is 5.39. The molecule has 35 heavy (non-hydrogen) atoms. The standard InChI is InChI=1S/C22H18F6N2O4S/c23-21(24,25)15-6-4-7-16(11-15)35(32,33)30-13-18(34-20(31)22(26,27)28)19-14(5-3-8-17(19)30)12-29-9-1-2-10-29/h3-8,11,13H,1-2,9-10,12H2. The van der Waals surface area contributed by atoms with Crippen molar-refractivity contribution in [3.8, 4) is 5.75 Å². The molecule has 188 valence electrons. The fourth-order valence-electron chi connectivity index (χ4n) is 3.99. The lowest BCUT2D eigenvalue weighted by Crippen LogP contribution is -2.28. The quantitative estimate of drug-likeness (QED) is 0.352. The number of ether oxygens (including phenoxy) is 1. The van der Waals surface area contributed by atoms with Gasteiger partial charge in [-0.1, -0.05) is 18.2 Å². The topological polar surface area (TPSA) is 68.6 Å². The Bertz CT molecular complexity index is 1370. The van der Waals surface area contributed by atoms with E-state index in [9.17, 15) is 39.6 Å². The average molecular weight is 520 g/mol. The zero-order valence-corrected chi connectivity index (χ0v) is 18.7. The molecular weight excluding hydrogens is 502 g/mol. The molecule has 0 bridgehead atoms. The minimum absolute atomic E-state index is 0.0486. The van der Waals surface area contributed by atoms with Crippen LogP contribution < -0.4 is 4.74 Å². The van der Waals surface area contributed by atoms with E-state index in [0.29, 0.717) is 27.9 Å². The maximum Gasteiger partial charge on any atom is 0.491 e. The maximum atomic E-state index is 13.3. The van der Waals surface area contributed by atoms with Crippen LogP contribution in [0.4, 0.5) is 26.3 Å². The molecule has 0 radical (unpaired) electrons. The van der Waals surface area contributed by atoms with Crippen molar-refractivity contribution in [3.05, 3.63) is 59.8 Å². The number of likely N-dealkylation sites (tertiary alicyclic amines) is 1. The Labute approximate surface area is 195 Å². The first-order valence-electron chi connectivity index (χ1n) is 10.4. The second-order valence-electron chi connectivity index (χ2n) is 8.00. The van der Waals surface area contributed by atoms with Crippen LogP contribution in [0.3, 0.4) is 0 Å². The van der Waals surface area contributed by atoms with Crippen LogP contribution in [0.2, 0.25) is 0 Å². The van der Waals surface area contributed by atoms with Crippen LogP contribution in [0, 0.1) is 0 Å². The number of benzene rings is 2. The van der Waals surface area contributed by atoms with Crippen LogP contribution >= 0.6 is 0 Å². The predicted octanol–water partition coefficient (Wildman–Crippen LogP) is 4.96. The van der Waals surface area contributed by atoms with Crippen LogP contribution in [0.1, 0.15) is 24.0 Å². The summed E-state index contributed by atoms with van der Waals surface area (Å²) in [5.41, 5.74) is -0.940. The van der Waals surface area contributed by atoms with Gasteiger partial charge in [-0.2, -0.15) is 26.3 Å². The van der Waals surface area contributed by atoms with Crippen molar-refractivity contribution in [2.45, 2.75) is 36.6 Å². The van der Waals surface area contributed by atoms with Crippen molar-refractivity contribution in [2.75, 3.05) is 13.1 Å². The van der Waals surface area contributed by atoms with E-state index in [4.69, 9.17) is 0 Å². The number of carbonyl (C=O) groups is 1. The van der Waals surface area contributed by atoms with Crippen LogP contribution in [-0.2, 0) is 27.5 Å². The van der Waals surface area contributed by atoms with Gasteiger partial charge in [0.15, 0.2) is 5.75 Å². The first-order chi connectivity index (χ1) is 16.3. The van der Waals surface area contributed by atoms with Crippen molar-refractivity contribution in [2.24, 2.45) is 0 Å². The summed E-state index contributed by atoms with van der Waals surface area (Å²) in [4.78, 5) is 12.8. The van der Waals surface area contributed by atoms with E-state index >= 15 is 0 Å². The summed E-state index contributed by atoms with van der Waals surface area (Å²) in [6.45, 7) is 1.69. The van der Waals surface area contributed by atoms with Crippen molar-refractivity contribution >= 4 is 26.9 Å². The molecule has 0 aliphatic carbocycles. The summed E-state index contributed by atoms with van der Waals surface area (Å²) in [6.07, 6.45) is -7.66. The minimum atomic E-state index is -5.35. The highest BCUT2D eigenvalue weighted by Crippen LogP contribution is 2.37. The van der Waals surface area contributed by atoms with E-state index in [2.05, 4.69) is 4.74 Å². The number of fused-ring (bicyclic) bond motifs is 1. The number of rotatable bonds is 5. The Morgan fingerprint density at radius 2 is 1.63 bits per heavy atom. The van der Waals surface area contributed by atoms with Crippen molar-refractivity contribution < 1.29 is 44.3 Å². The van der Waals surface area contributed by atoms with Gasteiger partial charge in [0.2, 0.25) is 0 Å². The third kappa shape index (κ3) is 5.01. The summed E-state index contributed by atoms with van der Waals surface area (Å²) in [6, 6.07) is 7.28. The fraction of sp³-hybridized carbons (Fsp3) is 0.318. The number of aromatic nitrogens is 1. The van der Waals surface area contributed by atoms with E-state index in [1.165, 1.54) is 12.1 Å². The Morgan fingerprint density at radius 3 is 2.26 bits per heavy atom. The lowest BCUT2D eigenvalue weighted by molar-refractivity contribution is -0.189. The summed E-state index contributed by atoms with van der Waals surface area (Å²) in [7, 11) is -4.71. The molecule has 3 aromatic rings. The van der Waals surface area contributed by atoms with Gasteiger partial charge < -0.3 is 4.74 Å². The largest absolute Gasteiger partial charge is 0.491 e. The second-order valence-corrected chi connectivity index (χ2v) is 9.82. The first-order valence-corrected chi connectivity index (χ1v) is 11.8. The van der Waals surface area contributed by atoms with Crippen molar-refractivity contribution in [1.29, 1.82) is 0 Å². The molecule has 2 heterocycles. The number of hydrogen-bond acceptors (Lipinski definition) is 5. The molecule has 1 saturated heterocycles. The van der Waals surface area contributed by atoms with Crippen LogP contribution in [0.25, 0.3) is 10.9 Å². The highest BCUT2D eigenvalue weighted by atomic mass is 32.2. The summed E-state index contributed by atoms with van der Waals surface area (Å²) in [5, 5.41) is -0.0486. The third-order valence-corrected chi connectivity index (χ3v) is 7.26. The molecular formula is C22H18F6N2O4S. The number of alkyl halides is 6. The van der Waals surface area contributed by atoms with Crippen molar-refractivity contribution in [3.63, 3.8) is 0 Å². The molecule has 0 amide bonds. The normalized spacial score (nSPS) is 15.6. The summed E-state index contributed by atoms with van der Waals surface area (Å²) >= 11 is 0. The van der Waals surface area contributed by atoms with Gasteiger partial charge in [-0.15, -0.1) is 0 Å². The molecule has 0 spiro atoms.